The molecule has 0 unspecified atom stereocenters. The number of aliphatic carboxylic acids is 1. The van der Waals surface area contributed by atoms with Gasteiger partial charge in [-0.05, 0) is 38.3 Å². The Hall–Kier alpha value is -2.81. The van der Waals surface area contributed by atoms with Crippen LogP contribution in [0.2, 0.25) is 0 Å². The Labute approximate surface area is 142 Å². The van der Waals surface area contributed by atoms with Crippen molar-refractivity contribution in [3.05, 3.63) is 41.1 Å². The number of carbonyl (C=O) groups is 2. The van der Waals surface area contributed by atoms with Crippen LogP contribution in [0.5, 0.6) is 0 Å². The number of anilines is 1. The van der Waals surface area contributed by atoms with Gasteiger partial charge in [-0.2, -0.15) is 5.26 Å². The molecule has 0 saturated heterocycles. The number of carboxylic acids is 1. The Bertz CT molecular complexity index is 660. The Morgan fingerprint density at radius 2 is 2.00 bits per heavy atom. The minimum absolute atomic E-state index is 0.000473. The summed E-state index contributed by atoms with van der Waals surface area (Å²) >= 11 is 0. The molecule has 0 heterocycles. The summed E-state index contributed by atoms with van der Waals surface area (Å²) in [5.74, 6) is -1.25. The van der Waals surface area contributed by atoms with E-state index in [0.29, 0.717) is 19.4 Å². The molecule has 128 valence electrons. The van der Waals surface area contributed by atoms with E-state index in [4.69, 9.17) is 10.4 Å². The highest BCUT2D eigenvalue weighted by Gasteiger charge is 2.08. The summed E-state index contributed by atoms with van der Waals surface area (Å²) in [5.41, 5.74) is 3.01. The number of rotatable bonds is 9. The average molecular weight is 329 g/mol. The summed E-state index contributed by atoms with van der Waals surface area (Å²) < 4.78 is 0. The van der Waals surface area contributed by atoms with Crippen molar-refractivity contribution < 1.29 is 14.7 Å². The second-order valence-corrected chi connectivity index (χ2v) is 5.59. The monoisotopic (exact) mass is 329 g/mol. The molecule has 1 amide bonds. The Morgan fingerprint density at radius 1 is 1.25 bits per heavy atom. The molecule has 0 aliphatic heterocycles. The minimum Gasteiger partial charge on any atom is -0.481 e. The molecule has 1 aromatic rings. The van der Waals surface area contributed by atoms with Gasteiger partial charge in [0.1, 0.15) is 11.6 Å². The van der Waals surface area contributed by atoms with Crippen molar-refractivity contribution in [2.75, 3.05) is 11.9 Å². The lowest BCUT2D eigenvalue weighted by Crippen LogP contribution is -2.26. The van der Waals surface area contributed by atoms with Crippen molar-refractivity contribution in [2.24, 2.45) is 0 Å². The molecule has 0 radical (unpaired) electrons. The fraction of sp³-hybridized carbons (Fsp3) is 0.389. The van der Waals surface area contributed by atoms with E-state index >= 15 is 0 Å². The second kappa shape index (κ2) is 10.1. The standard InChI is InChI=1S/C18H23N3O3/c1-13-7-8-16(14(2)10-13)21-12-15(11-19)18(24)20-9-5-3-4-6-17(22)23/h7-8,10,12,21H,3-6,9H2,1-2H3,(H,20,24)(H,22,23)/b15-12-. The first-order valence-electron chi connectivity index (χ1n) is 7.88. The number of benzene rings is 1. The molecule has 0 saturated carbocycles. The number of carboxylic acid groups (broad SMARTS) is 1. The smallest absolute Gasteiger partial charge is 0.303 e. The van der Waals surface area contributed by atoms with Crippen LogP contribution in [0.15, 0.2) is 30.0 Å². The molecule has 3 N–H and O–H groups in total. The first-order chi connectivity index (χ1) is 11.4. The average Bonchev–Trinajstić information content (AvgIpc) is 2.52. The van der Waals surface area contributed by atoms with Gasteiger partial charge in [-0.25, -0.2) is 0 Å². The molecule has 0 spiro atoms. The second-order valence-electron chi connectivity index (χ2n) is 5.59. The number of hydrogen-bond acceptors (Lipinski definition) is 4. The molecule has 0 fully saturated rings. The summed E-state index contributed by atoms with van der Waals surface area (Å²) in [6.07, 6.45) is 3.52. The van der Waals surface area contributed by atoms with Crippen molar-refractivity contribution in [3.8, 4) is 6.07 Å². The Kier molecular flexibility index (Phi) is 8.06. The van der Waals surface area contributed by atoms with E-state index in [-0.39, 0.29) is 12.0 Å². The fourth-order valence-corrected chi connectivity index (χ4v) is 2.15. The third-order valence-electron chi connectivity index (χ3n) is 3.47. The number of unbranched alkanes of at least 4 members (excludes halogenated alkanes) is 2. The summed E-state index contributed by atoms with van der Waals surface area (Å²) in [5, 5.41) is 23.3. The Morgan fingerprint density at radius 3 is 2.62 bits per heavy atom. The highest BCUT2D eigenvalue weighted by Crippen LogP contribution is 2.16. The number of nitriles is 1. The number of aryl methyl sites for hydroxylation is 2. The molecular formula is C18H23N3O3. The van der Waals surface area contributed by atoms with E-state index in [1.54, 1.807) is 0 Å². The zero-order valence-electron chi connectivity index (χ0n) is 14.1. The van der Waals surface area contributed by atoms with Crippen LogP contribution >= 0.6 is 0 Å². The SMILES string of the molecule is Cc1ccc(N/C=C(/C#N)C(=O)NCCCCCC(=O)O)c(C)c1. The van der Waals surface area contributed by atoms with Gasteiger partial charge in [0.25, 0.3) is 5.91 Å². The van der Waals surface area contributed by atoms with Crippen molar-refractivity contribution in [1.82, 2.24) is 5.32 Å². The van der Waals surface area contributed by atoms with Crippen molar-refractivity contribution in [3.63, 3.8) is 0 Å². The van der Waals surface area contributed by atoms with Gasteiger partial charge in [-0.1, -0.05) is 24.1 Å². The lowest BCUT2D eigenvalue weighted by Gasteiger charge is -2.08. The maximum absolute atomic E-state index is 11.9. The molecule has 1 rings (SSSR count). The molecule has 0 bridgehead atoms. The lowest BCUT2D eigenvalue weighted by molar-refractivity contribution is -0.137. The van der Waals surface area contributed by atoms with Gasteiger partial charge in [-0.15, -0.1) is 0 Å². The topological polar surface area (TPSA) is 102 Å². The first kappa shape index (κ1) is 19.2. The zero-order chi connectivity index (χ0) is 17.9. The minimum atomic E-state index is -0.814. The molecule has 0 aliphatic carbocycles. The van der Waals surface area contributed by atoms with Gasteiger partial charge in [-0.3, -0.25) is 9.59 Å². The van der Waals surface area contributed by atoms with Crippen LogP contribution in [0.4, 0.5) is 5.69 Å². The maximum Gasteiger partial charge on any atom is 0.303 e. The molecule has 0 aromatic heterocycles. The number of amides is 1. The van der Waals surface area contributed by atoms with Crippen LogP contribution in [0.3, 0.4) is 0 Å². The summed E-state index contributed by atoms with van der Waals surface area (Å²) in [6.45, 7) is 4.37. The number of carbonyl (C=O) groups excluding carboxylic acids is 1. The van der Waals surface area contributed by atoms with Crippen LogP contribution in [0.1, 0.15) is 36.8 Å². The van der Waals surface area contributed by atoms with E-state index in [1.807, 2.05) is 38.1 Å². The Balaban J connectivity index is 2.45. The molecule has 1 aromatic carbocycles. The number of hydrogen-bond donors (Lipinski definition) is 3. The van der Waals surface area contributed by atoms with E-state index in [9.17, 15) is 9.59 Å². The van der Waals surface area contributed by atoms with Crippen LogP contribution in [-0.4, -0.2) is 23.5 Å². The molecule has 0 atom stereocenters. The van der Waals surface area contributed by atoms with Gasteiger partial charge in [0.05, 0.1) is 0 Å². The summed E-state index contributed by atoms with van der Waals surface area (Å²) in [7, 11) is 0. The quantitative estimate of drug-likeness (QED) is 0.367. The van der Waals surface area contributed by atoms with Gasteiger partial charge in [0.2, 0.25) is 0 Å². The maximum atomic E-state index is 11.9. The predicted molar refractivity (Wildman–Crippen MR) is 92.3 cm³/mol. The van der Waals surface area contributed by atoms with Gasteiger partial charge >= 0.3 is 5.97 Å². The van der Waals surface area contributed by atoms with Gasteiger partial charge < -0.3 is 15.7 Å². The summed E-state index contributed by atoms with van der Waals surface area (Å²) in [6, 6.07) is 7.74. The molecule has 0 aliphatic rings. The van der Waals surface area contributed by atoms with Crippen LogP contribution in [0, 0.1) is 25.2 Å². The van der Waals surface area contributed by atoms with Crippen molar-refractivity contribution >= 4 is 17.6 Å². The lowest BCUT2D eigenvalue weighted by atomic mass is 10.1. The predicted octanol–water partition coefficient (Wildman–Crippen LogP) is 2.88. The van der Waals surface area contributed by atoms with Crippen LogP contribution < -0.4 is 10.6 Å². The van der Waals surface area contributed by atoms with Crippen molar-refractivity contribution in [1.29, 1.82) is 5.26 Å². The van der Waals surface area contributed by atoms with Gasteiger partial charge in [0, 0.05) is 24.9 Å². The normalized spacial score (nSPS) is 10.8. The molecule has 6 heteroatoms. The number of nitrogens with one attached hydrogen (secondary N) is 2. The zero-order valence-corrected chi connectivity index (χ0v) is 14.1. The highest BCUT2D eigenvalue weighted by atomic mass is 16.4. The highest BCUT2D eigenvalue weighted by molar-refractivity contribution is 5.97. The molecular weight excluding hydrogens is 306 g/mol. The van der Waals surface area contributed by atoms with Crippen molar-refractivity contribution in [2.45, 2.75) is 39.5 Å². The van der Waals surface area contributed by atoms with E-state index in [1.165, 1.54) is 6.20 Å². The van der Waals surface area contributed by atoms with Crippen LogP contribution in [0.25, 0.3) is 0 Å². The molecule has 24 heavy (non-hydrogen) atoms. The van der Waals surface area contributed by atoms with Gasteiger partial charge in [0.15, 0.2) is 0 Å². The van der Waals surface area contributed by atoms with Crippen LogP contribution in [-0.2, 0) is 9.59 Å². The third-order valence-corrected chi connectivity index (χ3v) is 3.47. The van der Waals surface area contributed by atoms with E-state index in [2.05, 4.69) is 10.6 Å². The third kappa shape index (κ3) is 6.97. The van der Waals surface area contributed by atoms with E-state index < -0.39 is 11.9 Å². The first-order valence-corrected chi connectivity index (χ1v) is 7.88. The largest absolute Gasteiger partial charge is 0.481 e. The molecule has 6 nitrogen and oxygen atoms in total. The summed E-state index contributed by atoms with van der Waals surface area (Å²) in [4.78, 5) is 22.3. The number of nitrogens with zero attached hydrogens (tertiary/aromatic N) is 1. The van der Waals surface area contributed by atoms with E-state index in [0.717, 1.165) is 23.2 Å². The fourth-order valence-electron chi connectivity index (χ4n) is 2.15.